The van der Waals surface area contributed by atoms with E-state index in [9.17, 15) is 4.79 Å². The Morgan fingerprint density at radius 1 is 1.35 bits per heavy atom. The van der Waals surface area contributed by atoms with E-state index < -0.39 is 0 Å². The van der Waals surface area contributed by atoms with Gasteiger partial charge in [-0.05, 0) is 49.8 Å². The van der Waals surface area contributed by atoms with Crippen LogP contribution in [0.3, 0.4) is 0 Å². The average Bonchev–Trinajstić information content (AvgIpc) is 3.06. The molecule has 1 amide bonds. The first-order valence-electron chi connectivity index (χ1n) is 7.75. The number of halogens is 1. The van der Waals surface area contributed by atoms with Gasteiger partial charge >= 0.3 is 0 Å². The highest BCUT2D eigenvalue weighted by molar-refractivity contribution is 6.30. The summed E-state index contributed by atoms with van der Waals surface area (Å²) in [5, 5.41) is 21.1. The largest absolute Gasteiger partial charge is 0.396 e. The fraction of sp³-hybridized carbons (Fsp3) is 0.438. The lowest BCUT2D eigenvalue weighted by Gasteiger charge is -2.27. The molecule has 0 unspecified atom stereocenters. The highest BCUT2D eigenvalue weighted by atomic mass is 35.5. The molecular formula is C16H19ClN4O2. The lowest BCUT2D eigenvalue weighted by Crippen LogP contribution is -2.38. The van der Waals surface area contributed by atoms with E-state index in [0.717, 1.165) is 25.7 Å². The minimum absolute atomic E-state index is 0.140. The van der Waals surface area contributed by atoms with Crippen LogP contribution in [0.15, 0.2) is 30.5 Å². The Hall–Kier alpha value is -1.92. The first-order chi connectivity index (χ1) is 11.2. The Morgan fingerprint density at radius 3 is 2.83 bits per heavy atom. The van der Waals surface area contributed by atoms with Crippen LogP contribution in [0, 0.1) is 5.92 Å². The van der Waals surface area contributed by atoms with Gasteiger partial charge in [-0.3, -0.25) is 4.79 Å². The SMILES string of the molecule is O=C(NC1CCC(CO)CC1)c1cnn(-c2cccc(Cl)c2)n1. The number of aliphatic hydroxyl groups is 1. The third kappa shape index (κ3) is 3.89. The van der Waals surface area contributed by atoms with Crippen molar-refractivity contribution in [3.63, 3.8) is 0 Å². The normalized spacial score (nSPS) is 21.1. The van der Waals surface area contributed by atoms with Crippen molar-refractivity contribution < 1.29 is 9.90 Å². The number of amides is 1. The summed E-state index contributed by atoms with van der Waals surface area (Å²) in [6, 6.07) is 7.27. The number of nitrogens with one attached hydrogen (secondary N) is 1. The molecule has 2 N–H and O–H groups in total. The van der Waals surface area contributed by atoms with Crippen molar-refractivity contribution in [1.82, 2.24) is 20.3 Å². The molecule has 1 heterocycles. The van der Waals surface area contributed by atoms with Gasteiger partial charge in [-0.1, -0.05) is 17.7 Å². The lowest BCUT2D eigenvalue weighted by atomic mass is 9.86. The number of carbonyl (C=O) groups excluding carboxylic acids is 1. The van der Waals surface area contributed by atoms with Crippen LogP contribution >= 0.6 is 11.6 Å². The molecule has 0 aliphatic heterocycles. The third-order valence-corrected chi connectivity index (χ3v) is 4.44. The van der Waals surface area contributed by atoms with Gasteiger partial charge in [-0.2, -0.15) is 9.90 Å². The quantitative estimate of drug-likeness (QED) is 0.898. The predicted octanol–water partition coefficient (Wildman–Crippen LogP) is 2.20. The standard InChI is InChI=1S/C16H19ClN4O2/c17-12-2-1-3-14(8-12)21-18-9-15(20-21)16(23)19-13-6-4-11(10-22)5-7-13/h1-3,8-9,11,13,22H,4-7,10H2,(H,19,23). The summed E-state index contributed by atoms with van der Waals surface area (Å²) in [4.78, 5) is 13.7. The molecule has 0 atom stereocenters. The van der Waals surface area contributed by atoms with Gasteiger partial charge in [0.15, 0.2) is 5.69 Å². The summed E-state index contributed by atoms with van der Waals surface area (Å²) < 4.78 is 0. The number of hydrogen-bond acceptors (Lipinski definition) is 4. The van der Waals surface area contributed by atoms with E-state index in [-0.39, 0.29) is 24.2 Å². The van der Waals surface area contributed by atoms with Crippen molar-refractivity contribution in [3.8, 4) is 5.69 Å². The summed E-state index contributed by atoms with van der Waals surface area (Å²) in [7, 11) is 0. The average molecular weight is 335 g/mol. The Labute approximate surface area is 139 Å². The fourth-order valence-corrected chi connectivity index (χ4v) is 3.03. The zero-order valence-corrected chi connectivity index (χ0v) is 13.4. The maximum absolute atomic E-state index is 12.3. The molecule has 3 rings (SSSR count). The van der Waals surface area contributed by atoms with Crippen LogP contribution in [0.1, 0.15) is 36.2 Å². The third-order valence-electron chi connectivity index (χ3n) is 4.20. The summed E-state index contributed by atoms with van der Waals surface area (Å²) in [6.07, 6.45) is 5.11. The molecule has 23 heavy (non-hydrogen) atoms. The molecule has 1 aliphatic rings. The monoisotopic (exact) mass is 334 g/mol. The van der Waals surface area contributed by atoms with Gasteiger partial charge in [-0.25, -0.2) is 0 Å². The van der Waals surface area contributed by atoms with Crippen molar-refractivity contribution >= 4 is 17.5 Å². The van der Waals surface area contributed by atoms with Gasteiger partial charge in [0.25, 0.3) is 5.91 Å². The fourth-order valence-electron chi connectivity index (χ4n) is 2.84. The first kappa shape index (κ1) is 16.0. The van der Waals surface area contributed by atoms with Crippen LogP contribution in [0.4, 0.5) is 0 Å². The predicted molar refractivity (Wildman–Crippen MR) is 86.7 cm³/mol. The molecule has 1 saturated carbocycles. The molecular weight excluding hydrogens is 316 g/mol. The van der Waals surface area contributed by atoms with E-state index in [0.29, 0.717) is 16.6 Å². The first-order valence-corrected chi connectivity index (χ1v) is 8.13. The van der Waals surface area contributed by atoms with E-state index in [1.807, 2.05) is 6.07 Å². The number of rotatable bonds is 4. The van der Waals surface area contributed by atoms with E-state index in [4.69, 9.17) is 16.7 Å². The lowest BCUT2D eigenvalue weighted by molar-refractivity contribution is 0.0908. The van der Waals surface area contributed by atoms with E-state index >= 15 is 0 Å². The number of hydrogen-bond donors (Lipinski definition) is 2. The summed E-state index contributed by atoms with van der Waals surface area (Å²) in [5.74, 6) is 0.151. The smallest absolute Gasteiger partial charge is 0.273 e. The number of nitrogens with zero attached hydrogens (tertiary/aromatic N) is 3. The minimum atomic E-state index is -0.217. The van der Waals surface area contributed by atoms with E-state index in [1.165, 1.54) is 11.0 Å². The topological polar surface area (TPSA) is 80.0 Å². The minimum Gasteiger partial charge on any atom is -0.396 e. The Bertz CT molecular complexity index is 680. The second-order valence-corrected chi connectivity index (χ2v) is 6.31. The molecule has 1 aromatic heterocycles. The number of aliphatic hydroxyl groups excluding tert-OH is 1. The van der Waals surface area contributed by atoms with Crippen molar-refractivity contribution in [2.24, 2.45) is 5.92 Å². The molecule has 1 fully saturated rings. The summed E-state index contributed by atoms with van der Waals surface area (Å²) in [6.45, 7) is 0.231. The molecule has 0 radical (unpaired) electrons. The van der Waals surface area contributed by atoms with Gasteiger partial charge in [0.2, 0.25) is 0 Å². The Balaban J connectivity index is 1.63. The van der Waals surface area contributed by atoms with Crippen molar-refractivity contribution in [1.29, 1.82) is 0 Å². The van der Waals surface area contributed by atoms with Crippen LogP contribution in [0.5, 0.6) is 0 Å². The highest BCUT2D eigenvalue weighted by Gasteiger charge is 2.23. The van der Waals surface area contributed by atoms with Gasteiger partial charge < -0.3 is 10.4 Å². The Morgan fingerprint density at radius 2 is 2.13 bits per heavy atom. The second kappa shape index (κ2) is 7.10. The van der Waals surface area contributed by atoms with Gasteiger partial charge in [0.05, 0.1) is 11.9 Å². The maximum Gasteiger partial charge on any atom is 0.273 e. The van der Waals surface area contributed by atoms with Crippen LogP contribution in [-0.2, 0) is 0 Å². The van der Waals surface area contributed by atoms with E-state index in [1.54, 1.807) is 18.2 Å². The molecule has 1 aliphatic carbocycles. The summed E-state index contributed by atoms with van der Waals surface area (Å²) in [5.41, 5.74) is 0.995. The molecule has 6 nitrogen and oxygen atoms in total. The van der Waals surface area contributed by atoms with Crippen LogP contribution < -0.4 is 5.32 Å². The van der Waals surface area contributed by atoms with Gasteiger partial charge in [0.1, 0.15) is 0 Å². The molecule has 1 aromatic carbocycles. The van der Waals surface area contributed by atoms with Crippen LogP contribution in [-0.4, -0.2) is 38.7 Å². The van der Waals surface area contributed by atoms with Gasteiger partial charge in [-0.15, -0.1) is 5.10 Å². The molecule has 2 aromatic rings. The van der Waals surface area contributed by atoms with Crippen LogP contribution in [0.25, 0.3) is 5.69 Å². The maximum atomic E-state index is 12.3. The molecule has 122 valence electrons. The zero-order valence-electron chi connectivity index (χ0n) is 12.7. The number of aromatic nitrogens is 3. The Kier molecular flexibility index (Phi) is 4.93. The van der Waals surface area contributed by atoms with E-state index in [2.05, 4.69) is 15.5 Å². The zero-order chi connectivity index (χ0) is 16.2. The van der Waals surface area contributed by atoms with Crippen LogP contribution in [0.2, 0.25) is 5.02 Å². The number of carbonyl (C=O) groups is 1. The van der Waals surface area contributed by atoms with Crippen molar-refractivity contribution in [2.75, 3.05) is 6.61 Å². The summed E-state index contributed by atoms with van der Waals surface area (Å²) >= 11 is 5.95. The molecule has 0 bridgehead atoms. The highest BCUT2D eigenvalue weighted by Crippen LogP contribution is 2.23. The van der Waals surface area contributed by atoms with Crippen molar-refractivity contribution in [3.05, 3.63) is 41.2 Å². The number of benzene rings is 1. The molecule has 7 heteroatoms. The second-order valence-electron chi connectivity index (χ2n) is 5.87. The molecule has 0 spiro atoms. The molecule has 0 saturated heterocycles. The van der Waals surface area contributed by atoms with Crippen molar-refractivity contribution in [2.45, 2.75) is 31.7 Å². The van der Waals surface area contributed by atoms with Gasteiger partial charge in [0, 0.05) is 17.7 Å².